The Kier molecular flexibility index (Phi) is 6.72. The normalized spacial score (nSPS) is 10.7. The molecule has 156 valence electrons. The summed E-state index contributed by atoms with van der Waals surface area (Å²) in [4.78, 5) is 17.7. The standard InChI is InChI=1S/C22H16ClN3O2S3/c23-13-5-8-15(9-6-13)30-12-20(28)26-22(29)24-14-7-10-18(27)16(11-14)21-25-17-3-1-2-4-19(17)31-21/h1-11,27H,12H2,(H2,24,26,28,29). The van der Waals surface area contributed by atoms with Gasteiger partial charge in [-0.3, -0.25) is 4.79 Å². The van der Waals surface area contributed by atoms with Crippen LogP contribution in [-0.2, 0) is 4.79 Å². The maximum atomic E-state index is 12.2. The summed E-state index contributed by atoms with van der Waals surface area (Å²) in [6.07, 6.45) is 0. The molecule has 3 N–H and O–H groups in total. The van der Waals surface area contributed by atoms with Gasteiger partial charge in [0.1, 0.15) is 10.8 Å². The number of nitrogens with zero attached hydrogens (tertiary/aromatic N) is 1. The van der Waals surface area contributed by atoms with Crippen molar-refractivity contribution in [3.05, 3.63) is 71.8 Å². The minimum atomic E-state index is -0.220. The monoisotopic (exact) mass is 485 g/mol. The molecule has 9 heteroatoms. The number of para-hydroxylation sites is 1. The van der Waals surface area contributed by atoms with E-state index in [1.54, 1.807) is 30.3 Å². The zero-order valence-electron chi connectivity index (χ0n) is 16.0. The second-order valence-electron chi connectivity index (χ2n) is 6.46. The molecule has 0 aliphatic heterocycles. The number of aromatic nitrogens is 1. The number of thioether (sulfide) groups is 1. The van der Waals surface area contributed by atoms with E-state index in [9.17, 15) is 9.90 Å². The Hall–Kier alpha value is -2.65. The number of benzene rings is 3. The number of thiocarbonyl (C=S) groups is 1. The summed E-state index contributed by atoms with van der Waals surface area (Å²) < 4.78 is 1.04. The molecule has 0 fully saturated rings. The molecule has 0 atom stereocenters. The number of nitrogens with one attached hydrogen (secondary N) is 2. The van der Waals surface area contributed by atoms with Crippen LogP contribution in [0.25, 0.3) is 20.8 Å². The molecular formula is C22H16ClN3O2S3. The summed E-state index contributed by atoms with van der Waals surface area (Å²) in [5.41, 5.74) is 2.11. The van der Waals surface area contributed by atoms with Gasteiger partial charge < -0.3 is 15.7 Å². The fraction of sp³-hybridized carbons (Fsp3) is 0.0455. The summed E-state index contributed by atoms with van der Waals surface area (Å²) in [7, 11) is 0. The molecule has 0 spiro atoms. The van der Waals surface area contributed by atoms with Gasteiger partial charge in [0.05, 0.1) is 21.5 Å². The number of fused-ring (bicyclic) bond motifs is 1. The largest absolute Gasteiger partial charge is 0.507 e. The van der Waals surface area contributed by atoms with Crippen molar-refractivity contribution in [2.75, 3.05) is 11.1 Å². The third kappa shape index (κ3) is 5.54. The molecule has 0 bridgehead atoms. The van der Waals surface area contributed by atoms with Crippen molar-refractivity contribution in [1.82, 2.24) is 10.3 Å². The zero-order valence-corrected chi connectivity index (χ0v) is 19.2. The minimum Gasteiger partial charge on any atom is -0.507 e. The molecule has 4 rings (SSSR count). The van der Waals surface area contributed by atoms with E-state index < -0.39 is 0 Å². The molecule has 5 nitrogen and oxygen atoms in total. The van der Waals surface area contributed by atoms with Crippen LogP contribution in [0.15, 0.2) is 71.6 Å². The number of thiazole rings is 1. The lowest BCUT2D eigenvalue weighted by Gasteiger charge is -2.11. The molecule has 0 aliphatic carbocycles. The van der Waals surface area contributed by atoms with Crippen molar-refractivity contribution in [1.29, 1.82) is 0 Å². The first-order valence-corrected chi connectivity index (χ1v) is 11.7. The number of carbonyl (C=O) groups excluding carboxylic acids is 1. The molecular weight excluding hydrogens is 470 g/mol. The van der Waals surface area contributed by atoms with E-state index in [1.807, 2.05) is 36.4 Å². The molecule has 1 amide bonds. The highest BCUT2D eigenvalue weighted by atomic mass is 35.5. The Morgan fingerprint density at radius 3 is 2.68 bits per heavy atom. The Morgan fingerprint density at radius 1 is 1.13 bits per heavy atom. The summed E-state index contributed by atoms with van der Waals surface area (Å²) in [6.45, 7) is 0. The van der Waals surface area contributed by atoms with E-state index in [2.05, 4.69) is 15.6 Å². The highest BCUT2D eigenvalue weighted by Gasteiger charge is 2.12. The van der Waals surface area contributed by atoms with E-state index in [4.69, 9.17) is 23.8 Å². The number of anilines is 1. The second-order valence-corrected chi connectivity index (χ2v) is 9.39. The number of carbonyl (C=O) groups is 1. The minimum absolute atomic E-state index is 0.124. The highest BCUT2D eigenvalue weighted by molar-refractivity contribution is 8.00. The lowest BCUT2D eigenvalue weighted by Crippen LogP contribution is -2.35. The van der Waals surface area contributed by atoms with E-state index in [-0.39, 0.29) is 22.5 Å². The molecule has 3 aromatic carbocycles. The van der Waals surface area contributed by atoms with Crippen molar-refractivity contribution in [2.45, 2.75) is 4.90 Å². The average Bonchev–Trinajstić information content (AvgIpc) is 3.18. The van der Waals surface area contributed by atoms with Crippen molar-refractivity contribution < 1.29 is 9.90 Å². The van der Waals surface area contributed by atoms with Gasteiger partial charge in [0.2, 0.25) is 5.91 Å². The van der Waals surface area contributed by atoms with Crippen LogP contribution in [0.2, 0.25) is 5.02 Å². The Morgan fingerprint density at radius 2 is 1.90 bits per heavy atom. The van der Waals surface area contributed by atoms with Crippen molar-refractivity contribution in [2.24, 2.45) is 0 Å². The highest BCUT2D eigenvalue weighted by Crippen LogP contribution is 2.36. The van der Waals surface area contributed by atoms with Crippen LogP contribution in [0.5, 0.6) is 5.75 Å². The van der Waals surface area contributed by atoms with E-state index in [1.165, 1.54) is 23.1 Å². The zero-order chi connectivity index (χ0) is 21.8. The number of amides is 1. The van der Waals surface area contributed by atoms with Crippen molar-refractivity contribution in [3.8, 4) is 16.3 Å². The lowest BCUT2D eigenvalue weighted by molar-refractivity contribution is -0.117. The predicted molar refractivity (Wildman–Crippen MR) is 133 cm³/mol. The van der Waals surface area contributed by atoms with Gasteiger partial charge in [-0.15, -0.1) is 23.1 Å². The molecule has 31 heavy (non-hydrogen) atoms. The van der Waals surface area contributed by atoms with Crippen LogP contribution in [0.4, 0.5) is 5.69 Å². The SMILES string of the molecule is O=C(CSc1ccc(Cl)cc1)NC(=S)Nc1ccc(O)c(-c2nc3ccccc3s2)c1. The van der Waals surface area contributed by atoms with E-state index >= 15 is 0 Å². The van der Waals surface area contributed by atoms with Gasteiger partial charge in [0, 0.05) is 15.6 Å². The Balaban J connectivity index is 1.39. The van der Waals surface area contributed by atoms with Gasteiger partial charge in [-0.2, -0.15) is 0 Å². The molecule has 0 saturated carbocycles. The fourth-order valence-electron chi connectivity index (χ4n) is 2.78. The van der Waals surface area contributed by atoms with Crippen LogP contribution in [0.3, 0.4) is 0 Å². The molecule has 0 radical (unpaired) electrons. The van der Waals surface area contributed by atoms with Crippen LogP contribution in [-0.4, -0.2) is 26.9 Å². The topological polar surface area (TPSA) is 74.2 Å². The predicted octanol–water partition coefficient (Wildman–Crippen LogP) is 5.93. The van der Waals surface area contributed by atoms with Crippen LogP contribution < -0.4 is 10.6 Å². The number of rotatable bonds is 5. The molecule has 0 saturated heterocycles. The first-order valence-electron chi connectivity index (χ1n) is 9.16. The molecule has 0 unspecified atom stereocenters. The van der Waals surface area contributed by atoms with Gasteiger partial charge in [0.25, 0.3) is 0 Å². The van der Waals surface area contributed by atoms with Crippen LogP contribution >= 0.6 is 46.9 Å². The van der Waals surface area contributed by atoms with Gasteiger partial charge in [-0.25, -0.2) is 4.98 Å². The number of hydrogen-bond acceptors (Lipinski definition) is 6. The maximum absolute atomic E-state index is 12.2. The fourth-order valence-corrected chi connectivity index (χ4v) is 4.82. The maximum Gasteiger partial charge on any atom is 0.236 e. The first-order chi connectivity index (χ1) is 15.0. The molecule has 1 aromatic heterocycles. The molecule has 0 aliphatic rings. The number of hydrogen-bond donors (Lipinski definition) is 3. The quantitative estimate of drug-likeness (QED) is 0.185. The third-order valence-corrected chi connectivity index (χ3v) is 6.75. The Labute approximate surface area is 197 Å². The lowest BCUT2D eigenvalue weighted by atomic mass is 10.2. The number of aromatic hydroxyl groups is 1. The summed E-state index contributed by atoms with van der Waals surface area (Å²) in [5.74, 6) is 0.122. The number of phenolic OH excluding ortho intramolecular Hbond substituents is 1. The average molecular weight is 486 g/mol. The van der Waals surface area contributed by atoms with Crippen molar-refractivity contribution in [3.63, 3.8) is 0 Å². The number of halogens is 1. The van der Waals surface area contributed by atoms with Crippen molar-refractivity contribution >= 4 is 73.8 Å². The van der Waals surface area contributed by atoms with E-state index in [0.29, 0.717) is 21.3 Å². The summed E-state index contributed by atoms with van der Waals surface area (Å²) >= 11 is 14.0. The molecule has 4 aromatic rings. The molecule has 1 heterocycles. The van der Waals surface area contributed by atoms with Gasteiger partial charge in [0.15, 0.2) is 5.11 Å². The summed E-state index contributed by atoms with van der Waals surface area (Å²) in [5, 5.41) is 17.5. The van der Waals surface area contributed by atoms with Gasteiger partial charge >= 0.3 is 0 Å². The van der Waals surface area contributed by atoms with Crippen LogP contribution in [0, 0.1) is 0 Å². The second kappa shape index (κ2) is 9.65. The van der Waals surface area contributed by atoms with Gasteiger partial charge in [-0.1, -0.05) is 23.7 Å². The van der Waals surface area contributed by atoms with Crippen LogP contribution in [0.1, 0.15) is 0 Å². The smallest absolute Gasteiger partial charge is 0.236 e. The Bertz CT molecular complexity index is 1230. The third-order valence-electron chi connectivity index (χ3n) is 4.22. The summed E-state index contributed by atoms with van der Waals surface area (Å²) in [6, 6.07) is 20.1. The first kappa shape index (κ1) is 21.6. The number of phenols is 1. The van der Waals surface area contributed by atoms with E-state index in [0.717, 1.165) is 15.1 Å². The van der Waals surface area contributed by atoms with Gasteiger partial charge in [-0.05, 0) is 66.8 Å².